The largest absolute Gasteiger partial charge is 0.373 e. The maximum Gasteiger partial charge on any atom is 0.0853 e. The number of benzene rings is 2. The molecular weight excluding hydrogens is 488 g/mol. The van der Waals surface area contributed by atoms with Gasteiger partial charge in [0.05, 0.1) is 12.2 Å². The fourth-order valence-electron chi connectivity index (χ4n) is 3.43. The fourth-order valence-corrected chi connectivity index (χ4v) is 3.43. The van der Waals surface area contributed by atoms with Gasteiger partial charge in [-0.25, -0.2) is 0 Å². The van der Waals surface area contributed by atoms with E-state index in [0.717, 1.165) is 22.4 Å². The Morgan fingerprint density at radius 2 is 1.72 bits per heavy atom. The molecule has 4 rings (SSSR count). The molecule has 0 bridgehead atoms. The van der Waals surface area contributed by atoms with Crippen LogP contribution in [0.1, 0.15) is 16.7 Å². The Bertz CT molecular complexity index is 1040. The van der Waals surface area contributed by atoms with Crippen LogP contribution in [0.2, 0.25) is 0 Å². The Morgan fingerprint density at radius 3 is 2.44 bits per heavy atom. The number of imidazole rings is 2. The van der Waals surface area contributed by atoms with Gasteiger partial charge in [-0.05, 0) is 37.4 Å². The smallest absolute Gasteiger partial charge is 0.0853 e. The topological polar surface area (TPSA) is 35.6 Å². The third-order valence-corrected chi connectivity index (χ3v) is 4.42. The summed E-state index contributed by atoms with van der Waals surface area (Å²) in [5, 5.41) is 0. The van der Waals surface area contributed by atoms with Gasteiger partial charge in [0.2, 0.25) is 0 Å². The molecule has 0 unspecified atom stereocenters. The van der Waals surface area contributed by atoms with Crippen molar-refractivity contribution in [2.45, 2.75) is 20.8 Å². The van der Waals surface area contributed by atoms with Crippen molar-refractivity contribution < 1.29 is 20.1 Å². The number of nitrogens with zero attached hydrogens (tertiary/aromatic N) is 4. The molecule has 0 aliphatic heterocycles. The molecule has 0 fully saturated rings. The Kier molecular flexibility index (Phi) is 4.63. The van der Waals surface area contributed by atoms with Crippen LogP contribution in [0.25, 0.3) is 28.1 Å². The van der Waals surface area contributed by atoms with Gasteiger partial charge in [-0.15, -0.1) is 23.8 Å². The van der Waals surface area contributed by atoms with Gasteiger partial charge < -0.3 is 9.13 Å². The maximum atomic E-state index is 4.58. The van der Waals surface area contributed by atoms with Crippen LogP contribution in [-0.4, -0.2) is 19.1 Å². The number of hydrogen-bond donors (Lipinski definition) is 0. The monoisotopic (exact) mass is 508 g/mol. The average molecular weight is 508 g/mol. The molecule has 2 aromatic heterocycles. The molecule has 0 spiro atoms. The van der Waals surface area contributed by atoms with E-state index in [1.165, 1.54) is 22.4 Å². The second kappa shape index (κ2) is 6.58. The number of fused-ring (bicyclic) bond motifs is 1. The fraction of sp³-hybridized carbons (Fsp3) is 0.200. The van der Waals surface area contributed by atoms with Crippen LogP contribution in [0.15, 0.2) is 43.0 Å². The van der Waals surface area contributed by atoms with E-state index < -0.39 is 0 Å². The van der Waals surface area contributed by atoms with Crippen molar-refractivity contribution in [1.29, 1.82) is 0 Å². The van der Waals surface area contributed by atoms with Gasteiger partial charge in [-0.3, -0.25) is 9.97 Å². The summed E-state index contributed by atoms with van der Waals surface area (Å²) in [6.45, 7) is 6.41. The summed E-state index contributed by atoms with van der Waals surface area (Å²) in [6, 6.07) is 11.8. The predicted octanol–water partition coefficient (Wildman–Crippen LogP) is 4.15. The Hall–Kier alpha value is -2.23. The zero-order valence-electron chi connectivity index (χ0n) is 14.7. The predicted molar refractivity (Wildman–Crippen MR) is 96.3 cm³/mol. The summed E-state index contributed by atoms with van der Waals surface area (Å²) in [5.74, 6) is 0.887. The second-order valence-corrected chi connectivity index (χ2v) is 6.34. The summed E-state index contributed by atoms with van der Waals surface area (Å²) in [4.78, 5) is 9.02. The van der Waals surface area contributed by atoms with E-state index in [1.54, 1.807) is 0 Å². The van der Waals surface area contributed by atoms with Gasteiger partial charge in [0.1, 0.15) is 0 Å². The summed E-state index contributed by atoms with van der Waals surface area (Å²) >= 11 is 0. The molecule has 2 heterocycles. The van der Waals surface area contributed by atoms with Crippen molar-refractivity contribution >= 4 is 11.0 Å². The number of aromatic nitrogens is 4. The summed E-state index contributed by atoms with van der Waals surface area (Å²) in [6.07, 6.45) is 5.67. The summed E-state index contributed by atoms with van der Waals surface area (Å²) in [5.41, 5.74) is 7.92. The van der Waals surface area contributed by atoms with Gasteiger partial charge in [0, 0.05) is 50.8 Å². The van der Waals surface area contributed by atoms with Crippen LogP contribution in [0.4, 0.5) is 0 Å². The first-order chi connectivity index (χ1) is 11.5. The van der Waals surface area contributed by atoms with E-state index >= 15 is 0 Å². The molecule has 0 saturated carbocycles. The SMILES string of the molecule is Cc1cc(C)c(-n2ccnc2-c2[c-]cc3c(c2)ncn3C)c(C)c1.[Ir]. The first kappa shape index (κ1) is 17.6. The normalized spacial score (nSPS) is 10.9. The Labute approximate surface area is 160 Å². The van der Waals surface area contributed by atoms with Crippen LogP contribution in [0.3, 0.4) is 0 Å². The molecule has 129 valence electrons. The zero-order valence-corrected chi connectivity index (χ0v) is 17.1. The minimum Gasteiger partial charge on any atom is -0.373 e. The van der Waals surface area contributed by atoms with Gasteiger partial charge in [-0.2, -0.15) is 0 Å². The van der Waals surface area contributed by atoms with Gasteiger partial charge >= 0.3 is 0 Å². The molecule has 1 radical (unpaired) electrons. The molecule has 0 aliphatic carbocycles. The van der Waals surface area contributed by atoms with E-state index in [4.69, 9.17) is 0 Å². The molecule has 0 N–H and O–H groups in total. The second-order valence-electron chi connectivity index (χ2n) is 6.34. The standard InChI is InChI=1S/C20H19N4.Ir/c1-13-9-14(2)19(15(3)10-13)24-8-7-21-20(24)16-5-6-18-17(11-16)22-12-23(18)4;/h6-12H,1-4H3;/q-1;. The van der Waals surface area contributed by atoms with E-state index in [0.29, 0.717) is 0 Å². The van der Waals surface area contributed by atoms with Crippen LogP contribution in [0.5, 0.6) is 0 Å². The Balaban J connectivity index is 0.00000182. The van der Waals surface area contributed by atoms with Crippen molar-refractivity contribution in [1.82, 2.24) is 19.1 Å². The van der Waals surface area contributed by atoms with E-state index in [-0.39, 0.29) is 20.1 Å². The molecule has 0 atom stereocenters. The Morgan fingerprint density at radius 1 is 1.00 bits per heavy atom. The number of rotatable bonds is 2. The molecule has 25 heavy (non-hydrogen) atoms. The van der Waals surface area contributed by atoms with Crippen molar-refractivity contribution in [2.75, 3.05) is 0 Å². The van der Waals surface area contributed by atoms with Gasteiger partial charge in [0.25, 0.3) is 0 Å². The minimum atomic E-state index is 0. The molecular formula is C20H19IrN4-. The zero-order chi connectivity index (χ0) is 16.8. The van der Waals surface area contributed by atoms with Crippen LogP contribution in [0, 0.1) is 26.8 Å². The quantitative estimate of drug-likeness (QED) is 0.382. The van der Waals surface area contributed by atoms with Crippen molar-refractivity contribution in [3.63, 3.8) is 0 Å². The summed E-state index contributed by atoms with van der Waals surface area (Å²) in [7, 11) is 1.99. The molecule has 0 aliphatic rings. The van der Waals surface area contributed by atoms with Crippen molar-refractivity contribution in [2.24, 2.45) is 7.05 Å². The summed E-state index contributed by atoms with van der Waals surface area (Å²) < 4.78 is 4.14. The third-order valence-electron chi connectivity index (χ3n) is 4.42. The van der Waals surface area contributed by atoms with E-state index in [9.17, 15) is 0 Å². The molecule has 4 nitrogen and oxygen atoms in total. The first-order valence-corrected chi connectivity index (χ1v) is 7.99. The number of aryl methyl sites for hydroxylation is 4. The van der Waals surface area contributed by atoms with E-state index in [2.05, 4.69) is 53.5 Å². The molecule has 0 amide bonds. The molecule has 4 aromatic rings. The van der Waals surface area contributed by atoms with Crippen LogP contribution < -0.4 is 0 Å². The van der Waals surface area contributed by atoms with Crippen molar-refractivity contribution in [3.05, 3.63) is 65.7 Å². The molecule has 2 aromatic carbocycles. The van der Waals surface area contributed by atoms with Gasteiger partial charge in [-0.1, -0.05) is 17.7 Å². The minimum absolute atomic E-state index is 0. The first-order valence-electron chi connectivity index (χ1n) is 7.99. The molecule has 0 saturated heterocycles. The van der Waals surface area contributed by atoms with Crippen LogP contribution >= 0.6 is 0 Å². The van der Waals surface area contributed by atoms with Crippen LogP contribution in [-0.2, 0) is 27.2 Å². The number of hydrogen-bond acceptors (Lipinski definition) is 2. The average Bonchev–Trinajstić information content (AvgIpc) is 3.13. The third kappa shape index (κ3) is 2.94. The molecule has 5 heteroatoms. The maximum absolute atomic E-state index is 4.58. The van der Waals surface area contributed by atoms with E-state index in [1.807, 2.05) is 42.5 Å². The van der Waals surface area contributed by atoms with Crippen molar-refractivity contribution in [3.8, 4) is 17.1 Å². The van der Waals surface area contributed by atoms with Gasteiger partial charge in [0.15, 0.2) is 0 Å².